The maximum Gasteiger partial charge on any atom is 0.122 e. The van der Waals surface area contributed by atoms with Gasteiger partial charge < -0.3 is 15.0 Å². The number of hydrogen-bond donors (Lipinski definition) is 1. The van der Waals surface area contributed by atoms with Crippen LogP contribution in [-0.2, 0) is 12.8 Å². The topological polar surface area (TPSA) is 24.5 Å². The molecule has 0 aliphatic carbocycles. The van der Waals surface area contributed by atoms with Gasteiger partial charge in [0.05, 0.1) is 6.61 Å². The van der Waals surface area contributed by atoms with Crippen LogP contribution in [-0.4, -0.2) is 44.7 Å². The number of likely N-dealkylation sites (tertiary alicyclic amines) is 1. The lowest BCUT2D eigenvalue weighted by molar-refractivity contribution is 0.273. The van der Waals surface area contributed by atoms with E-state index in [-0.39, 0.29) is 0 Å². The van der Waals surface area contributed by atoms with Crippen molar-refractivity contribution < 1.29 is 4.74 Å². The molecule has 0 amide bonds. The van der Waals surface area contributed by atoms with Gasteiger partial charge in [0, 0.05) is 26.1 Å². The maximum absolute atomic E-state index is 5.57. The van der Waals surface area contributed by atoms with Crippen molar-refractivity contribution in [3.05, 3.63) is 29.3 Å². The fraction of sp³-hybridized carbons (Fsp3) is 0.647. The highest BCUT2D eigenvalue weighted by atomic mass is 16.5. The van der Waals surface area contributed by atoms with Crippen LogP contribution in [0.4, 0.5) is 0 Å². The Hall–Kier alpha value is -1.06. The summed E-state index contributed by atoms with van der Waals surface area (Å²) in [5.41, 5.74) is 3.31. The van der Waals surface area contributed by atoms with Crippen molar-refractivity contribution in [2.45, 2.75) is 26.2 Å². The number of nitrogens with zero attached hydrogens (tertiary/aromatic N) is 1. The molecule has 3 rings (SSSR count). The van der Waals surface area contributed by atoms with Crippen LogP contribution in [0.5, 0.6) is 5.75 Å². The second kappa shape index (κ2) is 5.74. The molecule has 1 unspecified atom stereocenters. The summed E-state index contributed by atoms with van der Waals surface area (Å²) < 4.78 is 5.57. The first-order chi connectivity index (χ1) is 9.68. The smallest absolute Gasteiger partial charge is 0.122 e. The summed E-state index contributed by atoms with van der Waals surface area (Å²) in [6.07, 6.45) is 3.54. The summed E-state index contributed by atoms with van der Waals surface area (Å²) in [4.78, 5) is 2.61. The molecule has 3 heteroatoms. The van der Waals surface area contributed by atoms with E-state index in [2.05, 4.69) is 42.4 Å². The number of rotatable bonds is 5. The third-order valence-electron chi connectivity index (χ3n) is 4.71. The number of benzene rings is 1. The minimum absolute atomic E-state index is 0.459. The van der Waals surface area contributed by atoms with Crippen molar-refractivity contribution in [2.75, 3.05) is 39.8 Å². The van der Waals surface area contributed by atoms with E-state index < -0.39 is 0 Å². The second-order valence-electron chi connectivity index (χ2n) is 6.66. The lowest BCUT2D eigenvalue weighted by Gasteiger charge is -2.24. The summed E-state index contributed by atoms with van der Waals surface area (Å²) in [5, 5.41) is 3.33. The van der Waals surface area contributed by atoms with Crippen LogP contribution in [0.3, 0.4) is 0 Å². The standard InChI is InChI=1S/C17H26N2O/c1-17(12-18-2)7-9-19(13-17)8-5-14-3-4-16-15(11-14)6-10-20-16/h3-4,11,18H,5-10,12-13H2,1-2H3. The van der Waals surface area contributed by atoms with Crippen LogP contribution in [0.1, 0.15) is 24.5 Å². The zero-order valence-corrected chi connectivity index (χ0v) is 12.7. The molecular weight excluding hydrogens is 248 g/mol. The number of hydrogen-bond acceptors (Lipinski definition) is 3. The summed E-state index contributed by atoms with van der Waals surface area (Å²) in [7, 11) is 2.06. The molecule has 110 valence electrons. The average molecular weight is 274 g/mol. The van der Waals surface area contributed by atoms with E-state index in [0.717, 1.165) is 31.7 Å². The van der Waals surface area contributed by atoms with E-state index in [1.807, 2.05) is 0 Å². The molecule has 0 radical (unpaired) electrons. The summed E-state index contributed by atoms with van der Waals surface area (Å²) in [6, 6.07) is 6.71. The van der Waals surface area contributed by atoms with Gasteiger partial charge in [0.1, 0.15) is 5.75 Å². The van der Waals surface area contributed by atoms with E-state index in [9.17, 15) is 0 Å². The largest absolute Gasteiger partial charge is 0.493 e. The molecule has 1 aromatic carbocycles. The second-order valence-corrected chi connectivity index (χ2v) is 6.66. The zero-order valence-electron chi connectivity index (χ0n) is 12.7. The Morgan fingerprint density at radius 3 is 3.15 bits per heavy atom. The van der Waals surface area contributed by atoms with E-state index >= 15 is 0 Å². The van der Waals surface area contributed by atoms with Crippen molar-refractivity contribution >= 4 is 0 Å². The SMILES string of the molecule is CNCC1(C)CCN(CCc2ccc3c(c2)CCO3)C1. The van der Waals surface area contributed by atoms with Gasteiger partial charge in [-0.3, -0.25) is 0 Å². The monoisotopic (exact) mass is 274 g/mol. The Bertz CT molecular complexity index is 474. The first-order valence-corrected chi connectivity index (χ1v) is 7.80. The highest BCUT2D eigenvalue weighted by molar-refractivity contribution is 5.39. The van der Waals surface area contributed by atoms with Crippen LogP contribution in [0, 0.1) is 5.41 Å². The molecule has 20 heavy (non-hydrogen) atoms. The van der Waals surface area contributed by atoms with Gasteiger partial charge in [-0.2, -0.15) is 0 Å². The van der Waals surface area contributed by atoms with Gasteiger partial charge in [0.2, 0.25) is 0 Å². The molecular formula is C17H26N2O. The van der Waals surface area contributed by atoms with Crippen LogP contribution in [0.25, 0.3) is 0 Å². The van der Waals surface area contributed by atoms with Crippen molar-refractivity contribution in [3.63, 3.8) is 0 Å². The Kier molecular flexibility index (Phi) is 3.99. The van der Waals surface area contributed by atoms with E-state index in [4.69, 9.17) is 4.74 Å². The van der Waals surface area contributed by atoms with Crippen LogP contribution < -0.4 is 10.1 Å². The van der Waals surface area contributed by atoms with Crippen LogP contribution in [0.15, 0.2) is 18.2 Å². The third kappa shape index (κ3) is 2.99. The minimum Gasteiger partial charge on any atom is -0.493 e. The molecule has 1 N–H and O–H groups in total. The van der Waals surface area contributed by atoms with Crippen LogP contribution in [0.2, 0.25) is 0 Å². The zero-order chi connectivity index (χ0) is 14.0. The fourth-order valence-corrected chi connectivity index (χ4v) is 3.57. The maximum atomic E-state index is 5.57. The Morgan fingerprint density at radius 1 is 1.40 bits per heavy atom. The molecule has 1 fully saturated rings. The van der Waals surface area contributed by atoms with Crippen molar-refractivity contribution in [1.82, 2.24) is 10.2 Å². The van der Waals surface area contributed by atoms with Gasteiger partial charge in [-0.1, -0.05) is 19.1 Å². The van der Waals surface area contributed by atoms with Gasteiger partial charge >= 0.3 is 0 Å². The fourth-order valence-electron chi connectivity index (χ4n) is 3.57. The van der Waals surface area contributed by atoms with Crippen LogP contribution >= 0.6 is 0 Å². The third-order valence-corrected chi connectivity index (χ3v) is 4.71. The first-order valence-electron chi connectivity index (χ1n) is 7.80. The molecule has 0 bridgehead atoms. The highest BCUT2D eigenvalue weighted by Crippen LogP contribution is 2.30. The predicted molar refractivity (Wildman–Crippen MR) is 82.4 cm³/mol. The Labute approximate surface area is 122 Å². The van der Waals surface area contributed by atoms with E-state index in [1.54, 1.807) is 0 Å². The highest BCUT2D eigenvalue weighted by Gasteiger charge is 2.32. The summed E-state index contributed by atoms with van der Waals surface area (Å²) in [6.45, 7) is 8.02. The average Bonchev–Trinajstić information content (AvgIpc) is 3.03. The predicted octanol–water partition coefficient (Wildman–Crippen LogP) is 2.10. The van der Waals surface area contributed by atoms with Crippen molar-refractivity contribution in [1.29, 1.82) is 0 Å². The molecule has 2 aliphatic rings. The molecule has 0 saturated carbocycles. The lowest BCUT2D eigenvalue weighted by Crippen LogP contribution is -2.33. The quantitative estimate of drug-likeness (QED) is 0.890. The summed E-state index contributed by atoms with van der Waals surface area (Å²) >= 11 is 0. The van der Waals surface area contributed by atoms with Gasteiger partial charge in [0.25, 0.3) is 0 Å². The van der Waals surface area contributed by atoms with Crippen molar-refractivity contribution in [2.24, 2.45) is 5.41 Å². The van der Waals surface area contributed by atoms with Gasteiger partial charge in [0.15, 0.2) is 0 Å². The number of nitrogens with one attached hydrogen (secondary N) is 1. The summed E-state index contributed by atoms with van der Waals surface area (Å²) in [5.74, 6) is 1.09. The molecule has 1 aromatic rings. The molecule has 2 aliphatic heterocycles. The first kappa shape index (κ1) is 13.9. The molecule has 1 atom stereocenters. The van der Waals surface area contributed by atoms with Crippen molar-refractivity contribution in [3.8, 4) is 5.75 Å². The number of fused-ring (bicyclic) bond motifs is 1. The number of ether oxygens (including phenoxy) is 1. The molecule has 0 aromatic heterocycles. The minimum atomic E-state index is 0.459. The van der Waals surface area contributed by atoms with E-state index in [0.29, 0.717) is 5.41 Å². The van der Waals surface area contributed by atoms with Gasteiger partial charge in [-0.25, -0.2) is 0 Å². The van der Waals surface area contributed by atoms with E-state index in [1.165, 1.54) is 37.2 Å². The van der Waals surface area contributed by atoms with Gasteiger partial charge in [-0.15, -0.1) is 0 Å². The molecule has 3 nitrogen and oxygen atoms in total. The molecule has 2 heterocycles. The Morgan fingerprint density at radius 2 is 2.30 bits per heavy atom. The normalized spacial score (nSPS) is 25.7. The Balaban J connectivity index is 1.53. The lowest BCUT2D eigenvalue weighted by atomic mass is 9.90. The molecule has 1 saturated heterocycles. The molecule has 0 spiro atoms. The van der Waals surface area contributed by atoms with Gasteiger partial charge in [-0.05, 0) is 49.0 Å².